The van der Waals surface area contributed by atoms with Crippen molar-refractivity contribution in [3.8, 4) is 5.75 Å². The molecule has 3 nitrogen and oxygen atoms in total. The summed E-state index contributed by atoms with van der Waals surface area (Å²) in [5, 5.41) is 3.59. The molecule has 1 unspecified atom stereocenters. The van der Waals surface area contributed by atoms with Crippen LogP contribution in [0.15, 0.2) is 42.5 Å². The number of aryl methyl sites for hydroxylation is 1. The monoisotopic (exact) mass is 351 g/mol. The molecule has 0 heterocycles. The zero-order valence-corrected chi connectivity index (χ0v) is 14.6. The Morgan fingerprint density at radius 3 is 2.43 bits per heavy atom. The van der Waals surface area contributed by atoms with E-state index in [2.05, 4.69) is 12.2 Å². The van der Waals surface area contributed by atoms with Crippen molar-refractivity contribution < 1.29 is 9.53 Å². The highest BCUT2D eigenvalue weighted by Crippen LogP contribution is 2.25. The van der Waals surface area contributed by atoms with Crippen molar-refractivity contribution in [1.29, 1.82) is 0 Å². The highest BCUT2D eigenvalue weighted by molar-refractivity contribution is 6.42. The molecule has 2 aromatic rings. The van der Waals surface area contributed by atoms with Gasteiger partial charge in [-0.05, 0) is 49.2 Å². The molecule has 0 fully saturated rings. The molecule has 0 aliphatic heterocycles. The molecule has 0 aromatic heterocycles. The minimum Gasteiger partial charge on any atom is -0.481 e. The summed E-state index contributed by atoms with van der Waals surface area (Å²) in [4.78, 5) is 12.2. The van der Waals surface area contributed by atoms with Crippen LogP contribution in [0.5, 0.6) is 5.75 Å². The molecular formula is C18H19Cl2NO2. The van der Waals surface area contributed by atoms with E-state index in [9.17, 15) is 4.79 Å². The number of carbonyl (C=O) groups is 1. The van der Waals surface area contributed by atoms with Crippen molar-refractivity contribution in [3.63, 3.8) is 0 Å². The van der Waals surface area contributed by atoms with Gasteiger partial charge in [-0.15, -0.1) is 0 Å². The topological polar surface area (TPSA) is 38.3 Å². The Morgan fingerprint density at radius 2 is 1.83 bits per heavy atom. The SMILES string of the molecule is CCCc1ccc(OC(C)C(=O)Nc2ccc(Cl)c(Cl)c2)cc1. The van der Waals surface area contributed by atoms with Crippen LogP contribution in [0.2, 0.25) is 10.0 Å². The number of halogens is 2. The fourth-order valence-corrected chi connectivity index (χ4v) is 2.40. The van der Waals surface area contributed by atoms with E-state index >= 15 is 0 Å². The maximum absolute atomic E-state index is 12.2. The lowest BCUT2D eigenvalue weighted by Gasteiger charge is -2.15. The van der Waals surface area contributed by atoms with Crippen LogP contribution in [0.1, 0.15) is 25.8 Å². The fraction of sp³-hybridized carbons (Fsp3) is 0.278. The molecule has 0 saturated carbocycles. The van der Waals surface area contributed by atoms with Crippen LogP contribution in [0.25, 0.3) is 0 Å². The summed E-state index contributed by atoms with van der Waals surface area (Å²) in [6.45, 7) is 3.84. The van der Waals surface area contributed by atoms with Gasteiger partial charge in [0.2, 0.25) is 0 Å². The highest BCUT2D eigenvalue weighted by atomic mass is 35.5. The van der Waals surface area contributed by atoms with Crippen LogP contribution in [0, 0.1) is 0 Å². The van der Waals surface area contributed by atoms with Gasteiger partial charge < -0.3 is 10.1 Å². The first-order valence-electron chi connectivity index (χ1n) is 7.51. The summed E-state index contributed by atoms with van der Waals surface area (Å²) in [5.41, 5.74) is 1.84. The van der Waals surface area contributed by atoms with Crippen molar-refractivity contribution in [2.24, 2.45) is 0 Å². The minimum absolute atomic E-state index is 0.249. The van der Waals surface area contributed by atoms with Gasteiger partial charge in [-0.1, -0.05) is 48.7 Å². The first-order valence-corrected chi connectivity index (χ1v) is 8.26. The van der Waals surface area contributed by atoms with E-state index in [1.165, 1.54) is 5.56 Å². The molecule has 0 aliphatic carbocycles. The molecule has 0 spiro atoms. The average molecular weight is 352 g/mol. The molecule has 0 radical (unpaired) electrons. The number of ether oxygens (including phenoxy) is 1. The van der Waals surface area contributed by atoms with Crippen LogP contribution >= 0.6 is 23.2 Å². The lowest BCUT2D eigenvalue weighted by molar-refractivity contribution is -0.122. The third kappa shape index (κ3) is 5.15. The maximum atomic E-state index is 12.2. The van der Waals surface area contributed by atoms with Gasteiger partial charge >= 0.3 is 0 Å². The third-order valence-corrected chi connectivity index (χ3v) is 4.07. The lowest BCUT2D eigenvalue weighted by Crippen LogP contribution is -2.30. The molecule has 0 saturated heterocycles. The van der Waals surface area contributed by atoms with E-state index in [0.717, 1.165) is 12.8 Å². The first-order chi connectivity index (χ1) is 11.0. The van der Waals surface area contributed by atoms with E-state index in [1.54, 1.807) is 25.1 Å². The summed E-state index contributed by atoms with van der Waals surface area (Å²) in [5.74, 6) is 0.419. The Hall–Kier alpha value is -1.71. The second kappa shape index (κ2) is 8.23. The van der Waals surface area contributed by atoms with Crippen molar-refractivity contribution in [1.82, 2.24) is 0 Å². The van der Waals surface area contributed by atoms with Crippen molar-refractivity contribution in [3.05, 3.63) is 58.1 Å². The summed E-state index contributed by atoms with van der Waals surface area (Å²) >= 11 is 11.8. The molecule has 23 heavy (non-hydrogen) atoms. The second-order valence-corrected chi connectivity index (χ2v) is 6.09. The average Bonchev–Trinajstić information content (AvgIpc) is 2.53. The van der Waals surface area contributed by atoms with Gasteiger partial charge in [-0.3, -0.25) is 4.79 Å². The molecule has 122 valence electrons. The van der Waals surface area contributed by atoms with Gasteiger partial charge in [-0.25, -0.2) is 0 Å². The van der Waals surface area contributed by atoms with E-state index in [-0.39, 0.29) is 5.91 Å². The Morgan fingerprint density at radius 1 is 1.13 bits per heavy atom. The van der Waals surface area contributed by atoms with Gasteiger partial charge in [0.25, 0.3) is 5.91 Å². The molecule has 1 amide bonds. The molecule has 2 aromatic carbocycles. The van der Waals surface area contributed by atoms with E-state index in [1.807, 2.05) is 24.3 Å². The normalized spacial score (nSPS) is 11.8. The fourth-order valence-electron chi connectivity index (χ4n) is 2.10. The summed E-state index contributed by atoms with van der Waals surface area (Å²) < 4.78 is 5.66. The quantitative estimate of drug-likeness (QED) is 0.761. The molecule has 0 bridgehead atoms. The molecule has 2 rings (SSSR count). The van der Waals surface area contributed by atoms with E-state index in [4.69, 9.17) is 27.9 Å². The van der Waals surface area contributed by atoms with Crippen molar-refractivity contribution >= 4 is 34.8 Å². The molecule has 1 atom stereocenters. The number of rotatable bonds is 6. The zero-order chi connectivity index (χ0) is 16.8. The van der Waals surface area contributed by atoms with Crippen LogP contribution < -0.4 is 10.1 Å². The molecular weight excluding hydrogens is 333 g/mol. The number of nitrogens with one attached hydrogen (secondary N) is 1. The van der Waals surface area contributed by atoms with Crippen LogP contribution in [-0.2, 0) is 11.2 Å². The lowest BCUT2D eigenvalue weighted by atomic mass is 10.1. The van der Waals surface area contributed by atoms with Gasteiger partial charge in [0.05, 0.1) is 10.0 Å². The van der Waals surface area contributed by atoms with Crippen LogP contribution in [0.3, 0.4) is 0 Å². The summed E-state index contributed by atoms with van der Waals surface area (Å²) in [7, 11) is 0. The van der Waals surface area contributed by atoms with Gasteiger partial charge in [0, 0.05) is 5.69 Å². The largest absolute Gasteiger partial charge is 0.481 e. The number of anilines is 1. The van der Waals surface area contributed by atoms with E-state index < -0.39 is 6.10 Å². The van der Waals surface area contributed by atoms with Crippen molar-refractivity contribution in [2.75, 3.05) is 5.32 Å². The van der Waals surface area contributed by atoms with E-state index in [0.29, 0.717) is 21.5 Å². The molecule has 1 N–H and O–H groups in total. The van der Waals surface area contributed by atoms with Gasteiger partial charge in [0.1, 0.15) is 5.75 Å². The van der Waals surface area contributed by atoms with Crippen molar-refractivity contribution in [2.45, 2.75) is 32.8 Å². The Kier molecular flexibility index (Phi) is 6.31. The molecule has 0 aliphatic rings. The first kappa shape index (κ1) is 17.6. The number of hydrogen-bond donors (Lipinski definition) is 1. The number of amides is 1. The number of benzene rings is 2. The smallest absolute Gasteiger partial charge is 0.265 e. The number of carbonyl (C=O) groups excluding carboxylic acids is 1. The Balaban J connectivity index is 1.95. The second-order valence-electron chi connectivity index (χ2n) is 5.27. The Bertz CT molecular complexity index is 671. The van der Waals surface area contributed by atoms with Gasteiger partial charge in [0.15, 0.2) is 6.10 Å². The minimum atomic E-state index is -0.624. The van der Waals surface area contributed by atoms with Gasteiger partial charge in [-0.2, -0.15) is 0 Å². The Labute approximate surface area is 146 Å². The molecule has 5 heteroatoms. The predicted molar refractivity (Wildman–Crippen MR) is 95.6 cm³/mol. The highest BCUT2D eigenvalue weighted by Gasteiger charge is 2.15. The predicted octanol–water partition coefficient (Wildman–Crippen LogP) is 5.35. The summed E-state index contributed by atoms with van der Waals surface area (Å²) in [6, 6.07) is 12.7. The zero-order valence-electron chi connectivity index (χ0n) is 13.1. The third-order valence-electron chi connectivity index (χ3n) is 3.33. The van der Waals surface area contributed by atoms with Crippen LogP contribution in [-0.4, -0.2) is 12.0 Å². The standard InChI is InChI=1S/C18H19Cl2NO2/c1-3-4-13-5-8-15(9-6-13)23-12(2)18(22)21-14-7-10-16(19)17(20)11-14/h5-12H,3-4H2,1-2H3,(H,21,22). The van der Waals surface area contributed by atoms with Crippen LogP contribution in [0.4, 0.5) is 5.69 Å². The number of hydrogen-bond acceptors (Lipinski definition) is 2. The maximum Gasteiger partial charge on any atom is 0.265 e. The summed E-state index contributed by atoms with van der Waals surface area (Å²) in [6.07, 6.45) is 1.51.